The van der Waals surface area contributed by atoms with Gasteiger partial charge in [-0.2, -0.15) is 4.98 Å². The lowest BCUT2D eigenvalue weighted by atomic mass is 9.86. The lowest BCUT2D eigenvalue weighted by Crippen LogP contribution is -2.47. The molecule has 166 valence electrons. The number of hydrogen-bond acceptors (Lipinski definition) is 6. The third-order valence-electron chi connectivity index (χ3n) is 6.21. The number of amides is 1. The molecule has 32 heavy (non-hydrogen) atoms. The van der Waals surface area contributed by atoms with Crippen molar-refractivity contribution >= 4 is 17.5 Å². The number of hydrogen-bond donors (Lipinski definition) is 0. The summed E-state index contributed by atoms with van der Waals surface area (Å²) in [5.41, 5.74) is 2.06. The molecule has 0 spiro atoms. The Morgan fingerprint density at radius 2 is 2.09 bits per heavy atom. The molecular formula is C23H24FN5O3. The number of ether oxygens (including phenoxy) is 1. The monoisotopic (exact) mass is 437 g/mol. The van der Waals surface area contributed by atoms with Gasteiger partial charge in [-0.1, -0.05) is 0 Å². The molecule has 0 bridgehead atoms. The van der Waals surface area contributed by atoms with Crippen LogP contribution in [0.5, 0.6) is 5.75 Å². The van der Waals surface area contributed by atoms with Gasteiger partial charge in [0.1, 0.15) is 17.7 Å². The molecule has 0 N–H and O–H groups in total. The Balaban J connectivity index is 1.28. The number of aromatic nitrogens is 4. The SMILES string of the molecule is Cc1cc(C)n2nc(CC(=O)N3CCCC(C4CC(=O)c5cc(F)ccc5O4)C3)nc2n1. The summed E-state index contributed by atoms with van der Waals surface area (Å²) >= 11 is 0. The van der Waals surface area contributed by atoms with Crippen molar-refractivity contribution in [1.29, 1.82) is 0 Å². The maximum absolute atomic E-state index is 13.5. The van der Waals surface area contributed by atoms with Crippen LogP contribution in [0.3, 0.4) is 0 Å². The number of ketones is 1. The van der Waals surface area contributed by atoms with Crippen LogP contribution >= 0.6 is 0 Å². The minimum Gasteiger partial charge on any atom is -0.489 e. The van der Waals surface area contributed by atoms with Gasteiger partial charge in [-0.05, 0) is 51.0 Å². The van der Waals surface area contributed by atoms with Gasteiger partial charge in [0.25, 0.3) is 5.78 Å². The van der Waals surface area contributed by atoms with E-state index in [1.165, 1.54) is 18.2 Å². The average molecular weight is 437 g/mol. The highest BCUT2D eigenvalue weighted by molar-refractivity contribution is 5.99. The fourth-order valence-corrected chi connectivity index (χ4v) is 4.65. The average Bonchev–Trinajstić information content (AvgIpc) is 3.17. The van der Waals surface area contributed by atoms with Gasteiger partial charge in [-0.15, -0.1) is 5.10 Å². The molecule has 1 aromatic carbocycles. The second-order valence-corrected chi connectivity index (χ2v) is 8.62. The van der Waals surface area contributed by atoms with Crippen molar-refractivity contribution in [2.24, 2.45) is 5.92 Å². The Kier molecular flexibility index (Phi) is 5.11. The highest BCUT2D eigenvalue weighted by atomic mass is 19.1. The molecule has 1 amide bonds. The van der Waals surface area contributed by atoms with Crippen molar-refractivity contribution in [3.05, 3.63) is 52.9 Å². The van der Waals surface area contributed by atoms with Crippen LogP contribution in [-0.2, 0) is 11.2 Å². The van der Waals surface area contributed by atoms with Crippen LogP contribution < -0.4 is 4.74 Å². The topological polar surface area (TPSA) is 89.7 Å². The van der Waals surface area contributed by atoms with Gasteiger partial charge in [0.05, 0.1) is 12.0 Å². The quantitative estimate of drug-likeness (QED) is 0.626. The number of rotatable bonds is 3. The van der Waals surface area contributed by atoms with Gasteiger partial charge >= 0.3 is 0 Å². The molecule has 9 heteroatoms. The minimum absolute atomic E-state index is 0.0374. The third-order valence-corrected chi connectivity index (χ3v) is 6.21. The van der Waals surface area contributed by atoms with Crippen LogP contribution in [0.25, 0.3) is 5.78 Å². The van der Waals surface area contributed by atoms with E-state index in [9.17, 15) is 14.0 Å². The number of benzene rings is 1. The van der Waals surface area contributed by atoms with Crippen LogP contribution in [0.15, 0.2) is 24.3 Å². The summed E-state index contributed by atoms with van der Waals surface area (Å²) in [5.74, 6) is 0.772. The first-order valence-electron chi connectivity index (χ1n) is 10.8. The number of likely N-dealkylation sites (tertiary alicyclic amines) is 1. The number of halogens is 1. The molecule has 8 nitrogen and oxygen atoms in total. The Bertz CT molecular complexity index is 1220. The van der Waals surface area contributed by atoms with Crippen molar-refractivity contribution in [3.63, 3.8) is 0 Å². The number of Topliss-reactive ketones (excluding diaryl/α,β-unsaturated/α-hetero) is 1. The highest BCUT2D eigenvalue weighted by Gasteiger charge is 2.36. The van der Waals surface area contributed by atoms with Crippen molar-refractivity contribution < 1.29 is 18.7 Å². The molecule has 4 heterocycles. The van der Waals surface area contributed by atoms with E-state index < -0.39 is 5.82 Å². The van der Waals surface area contributed by atoms with Crippen molar-refractivity contribution in [2.45, 2.75) is 45.6 Å². The minimum atomic E-state index is -0.449. The third kappa shape index (κ3) is 3.83. The zero-order valence-electron chi connectivity index (χ0n) is 18.0. The number of carbonyl (C=O) groups is 2. The van der Waals surface area contributed by atoms with Gasteiger partial charge in [-0.25, -0.2) is 13.9 Å². The van der Waals surface area contributed by atoms with E-state index in [0.717, 1.165) is 24.2 Å². The van der Waals surface area contributed by atoms with Gasteiger partial charge in [-0.3, -0.25) is 9.59 Å². The molecule has 0 aliphatic carbocycles. The number of nitrogens with zero attached hydrogens (tertiary/aromatic N) is 5. The maximum Gasteiger partial charge on any atom is 0.252 e. The lowest BCUT2D eigenvalue weighted by molar-refractivity contribution is -0.133. The van der Waals surface area contributed by atoms with Crippen LogP contribution in [0, 0.1) is 25.6 Å². The molecule has 2 aromatic heterocycles. The van der Waals surface area contributed by atoms with Crippen molar-refractivity contribution in [3.8, 4) is 5.75 Å². The van der Waals surface area contributed by atoms with E-state index >= 15 is 0 Å². The molecule has 2 atom stereocenters. The Labute approximate surface area is 184 Å². The predicted octanol–water partition coefficient (Wildman–Crippen LogP) is 2.70. The summed E-state index contributed by atoms with van der Waals surface area (Å²) in [6.45, 7) is 4.99. The zero-order valence-corrected chi connectivity index (χ0v) is 18.0. The van der Waals surface area contributed by atoms with Crippen LogP contribution in [-0.4, -0.2) is 55.4 Å². The Hall–Kier alpha value is -3.36. The number of aryl methyl sites for hydroxylation is 2. The van der Waals surface area contributed by atoms with E-state index in [2.05, 4.69) is 15.1 Å². The molecular weight excluding hydrogens is 413 g/mol. The first-order chi connectivity index (χ1) is 15.4. The summed E-state index contributed by atoms with van der Waals surface area (Å²) in [7, 11) is 0. The fourth-order valence-electron chi connectivity index (χ4n) is 4.65. The molecule has 0 radical (unpaired) electrons. The Morgan fingerprint density at radius 1 is 1.25 bits per heavy atom. The Morgan fingerprint density at radius 3 is 2.94 bits per heavy atom. The predicted molar refractivity (Wildman–Crippen MR) is 113 cm³/mol. The fraction of sp³-hybridized carbons (Fsp3) is 0.435. The molecule has 2 aliphatic heterocycles. The first kappa shape index (κ1) is 20.5. The summed E-state index contributed by atoms with van der Waals surface area (Å²) in [4.78, 5) is 36.1. The van der Waals surface area contributed by atoms with E-state index in [1.807, 2.05) is 19.9 Å². The van der Waals surface area contributed by atoms with Gasteiger partial charge in [0.15, 0.2) is 11.6 Å². The normalized spacial score (nSPS) is 20.8. The number of fused-ring (bicyclic) bond motifs is 2. The first-order valence-corrected chi connectivity index (χ1v) is 10.8. The maximum atomic E-state index is 13.5. The van der Waals surface area contributed by atoms with Crippen molar-refractivity contribution in [2.75, 3.05) is 13.1 Å². The molecule has 0 saturated carbocycles. The summed E-state index contributed by atoms with van der Waals surface area (Å²) in [6.07, 6.45) is 1.67. The molecule has 2 aliphatic rings. The van der Waals surface area contributed by atoms with Crippen LogP contribution in [0.4, 0.5) is 4.39 Å². The molecule has 3 aromatic rings. The highest BCUT2D eigenvalue weighted by Crippen LogP contribution is 2.33. The van der Waals surface area contributed by atoms with E-state index in [4.69, 9.17) is 4.74 Å². The summed E-state index contributed by atoms with van der Waals surface area (Å²) < 4.78 is 21.2. The van der Waals surface area contributed by atoms with Crippen LogP contribution in [0.1, 0.15) is 46.8 Å². The van der Waals surface area contributed by atoms with Crippen molar-refractivity contribution in [1.82, 2.24) is 24.5 Å². The summed E-state index contributed by atoms with van der Waals surface area (Å²) in [6, 6.07) is 5.95. The molecule has 1 saturated heterocycles. The number of piperidine rings is 1. The molecule has 1 fully saturated rings. The second kappa shape index (κ2) is 7.96. The van der Waals surface area contributed by atoms with Crippen LogP contribution in [0.2, 0.25) is 0 Å². The zero-order chi connectivity index (χ0) is 22.4. The van der Waals surface area contributed by atoms with Gasteiger partial charge < -0.3 is 9.64 Å². The largest absolute Gasteiger partial charge is 0.489 e. The second-order valence-electron chi connectivity index (χ2n) is 8.62. The van der Waals surface area contributed by atoms with E-state index in [0.29, 0.717) is 36.0 Å². The molecule has 2 unspecified atom stereocenters. The summed E-state index contributed by atoms with van der Waals surface area (Å²) in [5, 5.41) is 4.43. The van der Waals surface area contributed by atoms with E-state index in [1.54, 1.807) is 9.42 Å². The van der Waals surface area contributed by atoms with Gasteiger partial charge in [0, 0.05) is 36.8 Å². The molecule has 5 rings (SSSR count). The standard InChI is InChI=1S/C23H24FN5O3/c1-13-8-14(2)29-23(25-13)26-21(27-29)11-22(31)28-7-3-4-15(12-28)20-10-18(30)17-9-16(24)5-6-19(17)32-20/h5-6,8-9,15,20H,3-4,7,10-12H2,1-2H3. The smallest absolute Gasteiger partial charge is 0.252 e. The lowest BCUT2D eigenvalue weighted by Gasteiger charge is -2.38. The van der Waals surface area contributed by atoms with E-state index in [-0.39, 0.29) is 36.6 Å². The number of carbonyl (C=O) groups excluding carboxylic acids is 2. The van der Waals surface area contributed by atoms with Gasteiger partial charge in [0.2, 0.25) is 5.91 Å².